The van der Waals surface area contributed by atoms with Crippen LogP contribution in [0.15, 0.2) is 29.9 Å². The summed E-state index contributed by atoms with van der Waals surface area (Å²) in [7, 11) is 1.91. The van der Waals surface area contributed by atoms with Gasteiger partial charge in [-0.05, 0) is 17.4 Å². The van der Waals surface area contributed by atoms with Crippen LogP contribution in [-0.4, -0.2) is 26.7 Å². The number of nitrogens with zero attached hydrogens (tertiary/aromatic N) is 2. The Morgan fingerprint density at radius 3 is 2.70 bits per heavy atom. The van der Waals surface area contributed by atoms with Crippen LogP contribution in [0, 0.1) is 5.92 Å². The first-order chi connectivity index (χ1) is 9.50. The molecule has 0 saturated heterocycles. The van der Waals surface area contributed by atoms with E-state index in [1.165, 1.54) is 0 Å². The molecule has 2 heterocycles. The van der Waals surface area contributed by atoms with Crippen molar-refractivity contribution >= 4 is 17.3 Å². The van der Waals surface area contributed by atoms with Crippen molar-refractivity contribution in [3.8, 4) is 0 Å². The molecular formula is C14H19N3O2S. The van der Waals surface area contributed by atoms with Crippen LogP contribution in [0.3, 0.4) is 0 Å². The van der Waals surface area contributed by atoms with Gasteiger partial charge in [-0.25, -0.2) is 4.98 Å². The summed E-state index contributed by atoms with van der Waals surface area (Å²) >= 11 is 1.59. The molecule has 2 aromatic heterocycles. The number of thiophene rings is 1. The van der Waals surface area contributed by atoms with E-state index in [1.807, 2.05) is 49.2 Å². The summed E-state index contributed by atoms with van der Waals surface area (Å²) in [6, 6.07) is 3.14. The number of carboxylic acids is 1. The molecule has 5 nitrogen and oxygen atoms in total. The fourth-order valence-electron chi connectivity index (χ4n) is 2.12. The molecule has 20 heavy (non-hydrogen) atoms. The van der Waals surface area contributed by atoms with E-state index in [2.05, 4.69) is 10.3 Å². The second-order valence-electron chi connectivity index (χ2n) is 5.07. The number of hydrogen-bond acceptors (Lipinski definition) is 4. The normalized spacial score (nSPS) is 14.4. The summed E-state index contributed by atoms with van der Waals surface area (Å²) in [5.74, 6) is -0.0228. The Hall–Kier alpha value is -1.66. The van der Waals surface area contributed by atoms with Gasteiger partial charge in [0.2, 0.25) is 0 Å². The minimum atomic E-state index is -0.837. The molecule has 0 aliphatic rings. The lowest BCUT2D eigenvalue weighted by atomic mass is 10.0. The first-order valence-electron chi connectivity index (χ1n) is 6.50. The van der Waals surface area contributed by atoms with E-state index in [9.17, 15) is 9.90 Å². The third-order valence-corrected chi connectivity index (χ3v) is 4.16. The molecular weight excluding hydrogens is 274 g/mol. The number of aliphatic carboxylic acids is 1. The fraction of sp³-hybridized carbons (Fsp3) is 0.429. The van der Waals surface area contributed by atoms with Crippen molar-refractivity contribution in [2.24, 2.45) is 13.0 Å². The highest BCUT2D eigenvalue weighted by Gasteiger charge is 2.28. The molecule has 0 amide bonds. The number of aryl methyl sites for hydroxylation is 1. The van der Waals surface area contributed by atoms with E-state index in [1.54, 1.807) is 17.5 Å². The molecule has 2 unspecified atom stereocenters. The minimum Gasteiger partial charge on any atom is -0.480 e. The van der Waals surface area contributed by atoms with Crippen LogP contribution in [0.5, 0.6) is 0 Å². The Morgan fingerprint density at radius 1 is 1.50 bits per heavy atom. The Kier molecular flexibility index (Phi) is 4.57. The SMILES string of the molecule is CC(C)C(NC(c1cccs1)c1nccn1C)C(=O)O. The van der Waals surface area contributed by atoms with E-state index in [-0.39, 0.29) is 12.0 Å². The van der Waals surface area contributed by atoms with Gasteiger partial charge in [0.15, 0.2) is 0 Å². The number of hydrogen-bond donors (Lipinski definition) is 2. The molecule has 0 aliphatic heterocycles. The maximum atomic E-state index is 11.4. The number of carboxylic acid groups (broad SMARTS) is 1. The quantitative estimate of drug-likeness (QED) is 0.857. The molecule has 0 radical (unpaired) electrons. The van der Waals surface area contributed by atoms with E-state index in [0.29, 0.717) is 0 Å². The standard InChI is InChI=1S/C14H19N3O2S/c1-9(2)11(14(18)19)16-12(10-5-4-8-20-10)13-15-6-7-17(13)3/h4-9,11-12,16H,1-3H3,(H,18,19). The summed E-state index contributed by atoms with van der Waals surface area (Å²) in [5, 5.41) is 14.6. The van der Waals surface area contributed by atoms with Gasteiger partial charge in [-0.3, -0.25) is 10.1 Å². The highest BCUT2D eigenvalue weighted by Crippen LogP contribution is 2.26. The summed E-state index contributed by atoms with van der Waals surface area (Å²) in [4.78, 5) is 16.8. The molecule has 2 rings (SSSR count). The minimum absolute atomic E-state index is 0.00442. The van der Waals surface area contributed by atoms with Gasteiger partial charge < -0.3 is 9.67 Å². The average Bonchev–Trinajstić information content (AvgIpc) is 3.01. The number of nitrogens with one attached hydrogen (secondary N) is 1. The third-order valence-electron chi connectivity index (χ3n) is 3.22. The molecule has 0 saturated carbocycles. The topological polar surface area (TPSA) is 67.2 Å². The van der Waals surface area contributed by atoms with E-state index < -0.39 is 12.0 Å². The summed E-state index contributed by atoms with van der Waals surface area (Å²) < 4.78 is 1.91. The number of imidazole rings is 1. The highest BCUT2D eigenvalue weighted by atomic mass is 32.1. The first kappa shape index (κ1) is 14.7. The van der Waals surface area contributed by atoms with E-state index >= 15 is 0 Å². The second-order valence-corrected chi connectivity index (χ2v) is 6.05. The van der Waals surface area contributed by atoms with Crippen molar-refractivity contribution in [2.45, 2.75) is 25.9 Å². The zero-order valence-corrected chi connectivity index (χ0v) is 12.6. The van der Waals surface area contributed by atoms with Crippen molar-refractivity contribution in [3.05, 3.63) is 40.6 Å². The lowest BCUT2D eigenvalue weighted by Gasteiger charge is -2.24. The summed E-state index contributed by atoms with van der Waals surface area (Å²) in [5.41, 5.74) is 0. The van der Waals surface area contributed by atoms with Crippen LogP contribution < -0.4 is 5.32 Å². The van der Waals surface area contributed by atoms with Gasteiger partial charge in [0.25, 0.3) is 0 Å². The van der Waals surface area contributed by atoms with Crippen molar-refractivity contribution in [2.75, 3.05) is 0 Å². The molecule has 0 spiro atoms. The Morgan fingerprint density at radius 2 is 2.25 bits per heavy atom. The number of rotatable bonds is 6. The molecule has 2 atom stereocenters. The lowest BCUT2D eigenvalue weighted by molar-refractivity contribution is -0.140. The van der Waals surface area contributed by atoms with E-state index in [0.717, 1.165) is 10.7 Å². The van der Waals surface area contributed by atoms with Gasteiger partial charge in [-0.2, -0.15) is 0 Å². The van der Waals surface area contributed by atoms with Crippen molar-refractivity contribution in [1.82, 2.24) is 14.9 Å². The monoisotopic (exact) mass is 293 g/mol. The average molecular weight is 293 g/mol. The zero-order valence-electron chi connectivity index (χ0n) is 11.8. The van der Waals surface area contributed by atoms with Gasteiger partial charge in [-0.15, -0.1) is 11.3 Å². The Bertz CT molecular complexity index is 563. The highest BCUT2D eigenvalue weighted by molar-refractivity contribution is 7.10. The van der Waals surface area contributed by atoms with Gasteiger partial charge in [0, 0.05) is 24.3 Å². The predicted octanol–water partition coefficient (Wildman–Crippen LogP) is 2.27. The van der Waals surface area contributed by atoms with Crippen LogP contribution >= 0.6 is 11.3 Å². The van der Waals surface area contributed by atoms with Gasteiger partial charge in [0.1, 0.15) is 17.9 Å². The van der Waals surface area contributed by atoms with Crippen LogP contribution in [0.2, 0.25) is 0 Å². The fourth-order valence-corrected chi connectivity index (χ4v) is 2.90. The predicted molar refractivity (Wildman–Crippen MR) is 78.8 cm³/mol. The van der Waals surface area contributed by atoms with Crippen molar-refractivity contribution < 1.29 is 9.90 Å². The maximum absolute atomic E-state index is 11.4. The summed E-state index contributed by atoms with van der Waals surface area (Å²) in [6.07, 6.45) is 3.59. The van der Waals surface area contributed by atoms with Crippen LogP contribution in [-0.2, 0) is 11.8 Å². The molecule has 6 heteroatoms. The van der Waals surface area contributed by atoms with Crippen molar-refractivity contribution in [3.63, 3.8) is 0 Å². The molecule has 0 aromatic carbocycles. The van der Waals surface area contributed by atoms with Crippen LogP contribution in [0.4, 0.5) is 0 Å². The molecule has 2 N–H and O–H groups in total. The lowest BCUT2D eigenvalue weighted by Crippen LogP contribution is -2.43. The molecule has 0 aliphatic carbocycles. The molecule has 0 fully saturated rings. The Balaban J connectivity index is 2.33. The van der Waals surface area contributed by atoms with Gasteiger partial charge >= 0.3 is 5.97 Å². The number of carbonyl (C=O) groups is 1. The largest absolute Gasteiger partial charge is 0.480 e. The van der Waals surface area contributed by atoms with Gasteiger partial charge in [0.05, 0.1) is 0 Å². The van der Waals surface area contributed by atoms with Crippen LogP contribution in [0.1, 0.15) is 30.6 Å². The molecule has 0 bridgehead atoms. The zero-order chi connectivity index (χ0) is 14.7. The first-order valence-corrected chi connectivity index (χ1v) is 7.38. The Labute approximate surface area is 122 Å². The molecule has 2 aromatic rings. The van der Waals surface area contributed by atoms with E-state index in [4.69, 9.17) is 0 Å². The smallest absolute Gasteiger partial charge is 0.320 e. The van der Waals surface area contributed by atoms with Gasteiger partial charge in [-0.1, -0.05) is 19.9 Å². The molecule has 108 valence electrons. The van der Waals surface area contributed by atoms with Crippen molar-refractivity contribution in [1.29, 1.82) is 0 Å². The number of aromatic nitrogens is 2. The summed E-state index contributed by atoms with van der Waals surface area (Å²) in [6.45, 7) is 3.80. The van der Waals surface area contributed by atoms with Crippen LogP contribution in [0.25, 0.3) is 0 Å². The second kappa shape index (κ2) is 6.19. The maximum Gasteiger partial charge on any atom is 0.320 e. The third kappa shape index (κ3) is 3.08.